The van der Waals surface area contributed by atoms with Crippen LogP contribution in [-0.2, 0) is 26.1 Å². The van der Waals surface area contributed by atoms with Crippen LogP contribution in [0.15, 0.2) is 88.8 Å². The van der Waals surface area contributed by atoms with E-state index >= 15 is 0 Å². The van der Waals surface area contributed by atoms with Crippen molar-refractivity contribution in [1.82, 2.24) is 9.62 Å². The van der Waals surface area contributed by atoms with E-state index in [-0.39, 0.29) is 49.3 Å². The molecule has 1 atom stereocenters. The second kappa shape index (κ2) is 16.2. The third-order valence-corrected chi connectivity index (χ3v) is 11.4. The van der Waals surface area contributed by atoms with Crippen molar-refractivity contribution < 1.29 is 32.2 Å². The average molecular weight is 728 g/mol. The summed E-state index contributed by atoms with van der Waals surface area (Å²) < 4.78 is 46.7. The number of nitrogens with one attached hydrogen (secondary N) is 1. The summed E-state index contributed by atoms with van der Waals surface area (Å²) in [6.07, 6.45) is -0.584. The summed E-state index contributed by atoms with van der Waals surface area (Å²) in [5.74, 6) is -0.100. The lowest BCUT2D eigenvalue weighted by molar-refractivity contribution is -0.129. The smallest absolute Gasteiger partial charge is 0.407 e. The maximum atomic E-state index is 14.7. The van der Waals surface area contributed by atoms with Crippen molar-refractivity contribution in [2.75, 3.05) is 27.4 Å². The van der Waals surface area contributed by atoms with Crippen molar-refractivity contribution in [3.8, 4) is 22.6 Å². The molecular weight excluding hydrogens is 683 g/mol. The molecule has 2 amide bonds. The number of benzene rings is 4. The Balaban J connectivity index is 1.47. The Bertz CT molecular complexity index is 2030. The van der Waals surface area contributed by atoms with Crippen LogP contribution in [0.5, 0.6) is 11.5 Å². The largest absolute Gasteiger partial charge is 0.497 e. The van der Waals surface area contributed by atoms with E-state index in [1.807, 2.05) is 48.5 Å². The first-order valence-electron chi connectivity index (χ1n) is 16.9. The van der Waals surface area contributed by atoms with Crippen LogP contribution in [0.2, 0.25) is 0 Å². The third kappa shape index (κ3) is 7.99. The lowest BCUT2D eigenvalue weighted by Gasteiger charge is -2.29. The van der Waals surface area contributed by atoms with Gasteiger partial charge >= 0.3 is 6.09 Å². The van der Waals surface area contributed by atoms with Crippen LogP contribution < -0.4 is 26.3 Å². The molecule has 1 aliphatic carbocycles. The number of rotatable bonds is 14. The average Bonchev–Trinajstić information content (AvgIpc) is 3.45. The molecule has 0 bridgehead atoms. The third-order valence-electron chi connectivity index (χ3n) is 9.36. The molecule has 4 aromatic rings. The zero-order valence-electron chi connectivity index (χ0n) is 30.0. The van der Waals surface area contributed by atoms with Gasteiger partial charge in [0.1, 0.15) is 24.1 Å². The monoisotopic (exact) mass is 727 g/mol. The normalized spacial score (nSPS) is 12.6. The molecule has 0 heterocycles. The molecule has 5 rings (SSSR count). The number of alkyl carbamates (subject to hydrolysis) is 1. The van der Waals surface area contributed by atoms with Crippen LogP contribution in [0.25, 0.3) is 11.1 Å². The molecule has 13 heteroatoms. The number of nitrogens with two attached hydrogens (primary N) is 2. The van der Waals surface area contributed by atoms with Crippen LogP contribution in [0, 0.1) is 20.8 Å². The quantitative estimate of drug-likeness (QED) is 0.0884. The van der Waals surface area contributed by atoms with Gasteiger partial charge in [-0.25, -0.2) is 17.5 Å². The molecule has 12 nitrogen and oxygen atoms in total. The summed E-state index contributed by atoms with van der Waals surface area (Å²) in [4.78, 5) is 32.1. The number of aryl methyl sites for hydroxylation is 1. The minimum Gasteiger partial charge on any atom is -0.497 e. The number of hydrogen-bond acceptors (Lipinski definition) is 8. The van der Waals surface area contributed by atoms with Gasteiger partial charge in [-0.15, -0.1) is 0 Å². The first-order valence-corrected chi connectivity index (χ1v) is 18.3. The minimum absolute atomic E-state index is 0.00610. The van der Waals surface area contributed by atoms with Crippen LogP contribution in [0.3, 0.4) is 0 Å². The van der Waals surface area contributed by atoms with Crippen molar-refractivity contribution in [3.63, 3.8) is 0 Å². The van der Waals surface area contributed by atoms with E-state index in [1.165, 1.54) is 14.2 Å². The minimum atomic E-state index is -4.50. The predicted octanol–water partition coefficient (Wildman–Crippen LogP) is 5.31. The highest BCUT2D eigenvalue weighted by atomic mass is 32.2. The zero-order chi connectivity index (χ0) is 37.6. The van der Waals surface area contributed by atoms with Crippen LogP contribution in [0.1, 0.15) is 52.1 Å². The highest BCUT2D eigenvalue weighted by molar-refractivity contribution is 7.89. The maximum Gasteiger partial charge on any atom is 0.407 e. The second-order valence-electron chi connectivity index (χ2n) is 12.6. The molecule has 0 aliphatic heterocycles. The van der Waals surface area contributed by atoms with Crippen molar-refractivity contribution in [3.05, 3.63) is 112 Å². The number of sulfonamides is 1. The molecule has 0 fully saturated rings. The van der Waals surface area contributed by atoms with E-state index in [2.05, 4.69) is 10.3 Å². The van der Waals surface area contributed by atoms with Gasteiger partial charge in [0.25, 0.3) is 15.9 Å². The lowest BCUT2D eigenvalue weighted by atomic mass is 9.98. The highest BCUT2D eigenvalue weighted by Crippen LogP contribution is 2.44. The van der Waals surface area contributed by atoms with Gasteiger partial charge in [0.2, 0.25) is 0 Å². The molecule has 4 aromatic carbocycles. The number of hydrogen-bond donors (Lipinski definition) is 3. The lowest BCUT2D eigenvalue weighted by Crippen LogP contribution is -2.50. The summed E-state index contributed by atoms with van der Waals surface area (Å²) in [5, 5.41) is 2.68. The fourth-order valence-electron chi connectivity index (χ4n) is 6.64. The number of nitrogens with zero attached hydrogens (tertiary/aromatic N) is 2. The van der Waals surface area contributed by atoms with Gasteiger partial charge in [0.15, 0.2) is 5.96 Å². The maximum absolute atomic E-state index is 14.7. The Morgan fingerprint density at radius 3 is 2.08 bits per heavy atom. The van der Waals surface area contributed by atoms with Gasteiger partial charge in [-0.2, -0.15) is 0 Å². The van der Waals surface area contributed by atoms with E-state index < -0.39 is 28.1 Å². The predicted molar refractivity (Wildman–Crippen MR) is 200 cm³/mol. The summed E-state index contributed by atoms with van der Waals surface area (Å²) >= 11 is 0. The SMILES string of the molecule is COc1ccc(CN(C(=O)[C@H](CCCN=C(N)N)NC(=O)OCC2c3ccccc3-c3ccccc32)S(=O)(=O)c2c(C)cc(OC)c(C)c2C)cc1. The van der Waals surface area contributed by atoms with E-state index in [9.17, 15) is 18.0 Å². The van der Waals surface area contributed by atoms with Crippen molar-refractivity contribution in [2.45, 2.75) is 57.0 Å². The first-order chi connectivity index (χ1) is 24.9. The Labute approximate surface area is 304 Å². The van der Waals surface area contributed by atoms with Gasteiger partial charge < -0.3 is 31.0 Å². The Morgan fingerprint density at radius 2 is 1.50 bits per heavy atom. The van der Waals surface area contributed by atoms with Gasteiger partial charge in [0, 0.05) is 12.5 Å². The number of amides is 2. The Hall–Kier alpha value is -5.56. The number of aliphatic imine (C=N–C) groups is 1. The van der Waals surface area contributed by atoms with Crippen molar-refractivity contribution in [1.29, 1.82) is 0 Å². The molecule has 0 saturated carbocycles. The molecule has 52 heavy (non-hydrogen) atoms. The summed E-state index contributed by atoms with van der Waals surface area (Å²) in [6, 6.07) is 22.9. The molecule has 0 radical (unpaired) electrons. The fraction of sp³-hybridized carbons (Fsp3) is 0.308. The van der Waals surface area contributed by atoms with Gasteiger partial charge in [-0.05, 0) is 96.3 Å². The molecular formula is C39H45N5O7S. The van der Waals surface area contributed by atoms with E-state index in [4.69, 9.17) is 25.7 Å². The Kier molecular flexibility index (Phi) is 11.7. The molecule has 0 unspecified atom stereocenters. The Morgan fingerprint density at radius 1 is 0.885 bits per heavy atom. The number of ether oxygens (including phenoxy) is 3. The summed E-state index contributed by atoms with van der Waals surface area (Å²) in [7, 11) is -1.47. The number of carbonyl (C=O) groups is 2. The standard InChI is InChI=1S/C39H45N5O7S/c1-24-21-35(50-5)25(2)26(3)36(24)52(47,48)44(22-27-16-18-28(49-4)19-17-27)37(45)34(15-10-20-42-38(40)41)43-39(46)51-23-33-31-13-8-6-11-29(31)30-12-7-9-14-32(30)33/h6-9,11-14,16-19,21,33-34H,10,15,20,22-23H2,1-5H3,(H,43,46)(H4,40,41,42)/t34-/m0/s1. The first kappa shape index (κ1) is 37.7. The number of guanidine groups is 1. The molecule has 1 aliphatic rings. The molecule has 5 N–H and O–H groups in total. The summed E-state index contributed by atoms with van der Waals surface area (Å²) in [6.45, 7) is 4.93. The second-order valence-corrected chi connectivity index (χ2v) is 14.4. The topological polar surface area (TPSA) is 176 Å². The molecule has 0 aromatic heterocycles. The van der Waals surface area contributed by atoms with Gasteiger partial charge in [0.05, 0.1) is 25.7 Å². The molecule has 274 valence electrons. The van der Waals surface area contributed by atoms with Crippen LogP contribution in [-0.4, -0.2) is 64.1 Å². The zero-order valence-corrected chi connectivity index (χ0v) is 30.8. The van der Waals surface area contributed by atoms with Gasteiger partial charge in [-0.3, -0.25) is 9.79 Å². The fourth-order valence-corrected chi connectivity index (χ4v) is 8.55. The summed E-state index contributed by atoms with van der Waals surface area (Å²) in [5.41, 5.74) is 17.2. The molecule has 0 spiro atoms. The van der Waals surface area contributed by atoms with Crippen LogP contribution >= 0.6 is 0 Å². The van der Waals surface area contributed by atoms with Crippen LogP contribution in [0.4, 0.5) is 4.79 Å². The van der Waals surface area contributed by atoms with E-state index in [0.717, 1.165) is 26.6 Å². The molecule has 0 saturated heterocycles. The number of methoxy groups -OCH3 is 2. The van der Waals surface area contributed by atoms with Gasteiger partial charge in [-0.1, -0.05) is 60.7 Å². The highest BCUT2D eigenvalue weighted by Gasteiger charge is 2.38. The number of carbonyl (C=O) groups excluding carboxylic acids is 2. The van der Waals surface area contributed by atoms with E-state index in [1.54, 1.807) is 51.1 Å². The van der Waals surface area contributed by atoms with Crippen molar-refractivity contribution >= 4 is 28.0 Å². The van der Waals surface area contributed by atoms with E-state index in [0.29, 0.717) is 33.8 Å². The number of fused-ring (bicyclic) bond motifs is 3. The van der Waals surface area contributed by atoms with Crippen molar-refractivity contribution in [2.24, 2.45) is 16.5 Å².